The number of carbonyl (C=O) groups excluding carboxylic acids is 1. The topological polar surface area (TPSA) is 69.7 Å². The summed E-state index contributed by atoms with van der Waals surface area (Å²) in [6.45, 7) is 6.05. The van der Waals surface area contributed by atoms with Crippen molar-refractivity contribution in [3.63, 3.8) is 0 Å². The molecule has 1 aromatic carbocycles. The van der Waals surface area contributed by atoms with Crippen molar-refractivity contribution >= 4 is 27.5 Å². The highest BCUT2D eigenvalue weighted by Crippen LogP contribution is 2.25. The normalized spacial score (nSPS) is 20.6. The number of likely N-dealkylation sites (tertiary alicyclic amines) is 1. The third kappa shape index (κ3) is 6.67. The summed E-state index contributed by atoms with van der Waals surface area (Å²) in [5.41, 5.74) is 0.222. The van der Waals surface area contributed by atoms with E-state index in [0.29, 0.717) is 25.7 Å². The molecule has 174 valence electrons. The molecule has 1 N–H and O–H groups in total. The Kier molecular flexibility index (Phi) is 9.19. The molecule has 2 fully saturated rings. The van der Waals surface area contributed by atoms with Crippen molar-refractivity contribution in [1.29, 1.82) is 0 Å². The minimum absolute atomic E-state index is 0.141. The van der Waals surface area contributed by atoms with E-state index in [1.807, 2.05) is 0 Å². The molecule has 0 aliphatic carbocycles. The Morgan fingerprint density at radius 1 is 1.00 bits per heavy atom. The van der Waals surface area contributed by atoms with Gasteiger partial charge in [-0.15, -0.1) is 0 Å². The first kappa shape index (κ1) is 24.5. The van der Waals surface area contributed by atoms with E-state index >= 15 is 0 Å². The maximum Gasteiger partial charge on any atom is 0.252 e. The number of carbonyl (C=O) groups is 1. The van der Waals surface area contributed by atoms with Crippen LogP contribution in [-0.4, -0.2) is 62.3 Å². The van der Waals surface area contributed by atoms with Crippen LogP contribution in [0, 0.1) is 0 Å². The van der Waals surface area contributed by atoms with Crippen LogP contribution in [-0.2, 0) is 10.0 Å². The van der Waals surface area contributed by atoms with Gasteiger partial charge in [0, 0.05) is 25.7 Å². The van der Waals surface area contributed by atoms with Gasteiger partial charge in [0.25, 0.3) is 5.91 Å². The monoisotopic (exact) mass is 469 g/mol. The quantitative estimate of drug-likeness (QED) is 0.646. The summed E-state index contributed by atoms with van der Waals surface area (Å²) in [5.74, 6) is -0.319. The van der Waals surface area contributed by atoms with Crippen LogP contribution in [0.1, 0.15) is 75.1 Å². The molecule has 1 aromatic rings. The number of halogens is 1. The smallest absolute Gasteiger partial charge is 0.252 e. The molecule has 0 spiro atoms. The van der Waals surface area contributed by atoms with Gasteiger partial charge in [-0.25, -0.2) is 8.42 Å². The highest BCUT2D eigenvalue weighted by atomic mass is 35.5. The molecule has 2 heterocycles. The fraction of sp³-hybridized carbons (Fsp3) is 0.696. The zero-order valence-electron chi connectivity index (χ0n) is 18.6. The molecular formula is C23H36ClN3O3S. The largest absolute Gasteiger partial charge is 0.352 e. The average Bonchev–Trinajstić information content (AvgIpc) is 3.19. The number of benzene rings is 1. The summed E-state index contributed by atoms with van der Waals surface area (Å²) in [6.07, 6.45) is 9.78. The minimum atomic E-state index is -3.62. The van der Waals surface area contributed by atoms with Crippen molar-refractivity contribution in [2.24, 2.45) is 0 Å². The number of hydrogen-bond acceptors (Lipinski definition) is 4. The predicted octanol–water partition coefficient (Wildman–Crippen LogP) is 4.29. The van der Waals surface area contributed by atoms with Gasteiger partial charge in [-0.2, -0.15) is 4.31 Å². The van der Waals surface area contributed by atoms with Gasteiger partial charge in [0.2, 0.25) is 10.0 Å². The molecule has 0 unspecified atom stereocenters. The van der Waals surface area contributed by atoms with Crippen LogP contribution in [0.3, 0.4) is 0 Å². The fourth-order valence-corrected chi connectivity index (χ4v) is 6.23. The van der Waals surface area contributed by atoms with Crippen molar-refractivity contribution in [1.82, 2.24) is 14.5 Å². The fourth-order valence-electron chi connectivity index (χ4n) is 4.48. The number of sulfonamides is 1. The first-order valence-corrected chi connectivity index (χ1v) is 13.5. The number of hydrogen-bond donors (Lipinski definition) is 1. The third-order valence-corrected chi connectivity index (χ3v) is 8.72. The van der Waals surface area contributed by atoms with Crippen LogP contribution in [0.25, 0.3) is 0 Å². The molecule has 2 saturated heterocycles. The average molecular weight is 470 g/mol. The van der Waals surface area contributed by atoms with Crippen molar-refractivity contribution < 1.29 is 13.2 Å². The number of nitrogens with zero attached hydrogens (tertiary/aromatic N) is 2. The van der Waals surface area contributed by atoms with Crippen LogP contribution < -0.4 is 5.32 Å². The van der Waals surface area contributed by atoms with Crippen LogP contribution >= 0.6 is 11.6 Å². The van der Waals surface area contributed by atoms with E-state index in [4.69, 9.17) is 11.6 Å². The van der Waals surface area contributed by atoms with Crippen molar-refractivity contribution in [2.75, 3.05) is 32.7 Å². The maximum atomic E-state index is 13.1. The van der Waals surface area contributed by atoms with E-state index in [1.165, 1.54) is 48.2 Å². The summed E-state index contributed by atoms with van der Waals surface area (Å²) in [6, 6.07) is 4.85. The van der Waals surface area contributed by atoms with E-state index in [9.17, 15) is 13.2 Å². The molecule has 8 heteroatoms. The lowest BCUT2D eigenvalue weighted by atomic mass is 10.1. The predicted molar refractivity (Wildman–Crippen MR) is 125 cm³/mol. The number of rotatable bonds is 7. The summed E-state index contributed by atoms with van der Waals surface area (Å²) in [5, 5.41) is 3.21. The zero-order chi connectivity index (χ0) is 22.3. The Labute approximate surface area is 192 Å². The van der Waals surface area contributed by atoms with Crippen LogP contribution in [0.2, 0.25) is 5.02 Å². The minimum Gasteiger partial charge on any atom is -0.352 e. The Morgan fingerprint density at radius 2 is 1.58 bits per heavy atom. The molecule has 0 saturated carbocycles. The SMILES string of the molecule is C[C@H](CCNC(=O)c1cc(S(=O)(=O)N2CCCCCC2)ccc1Cl)N1CCCCCC1. The molecule has 1 atom stereocenters. The van der Waals surface area contributed by atoms with Gasteiger partial charge < -0.3 is 10.2 Å². The van der Waals surface area contributed by atoms with Gasteiger partial charge in [-0.1, -0.05) is 37.3 Å². The Morgan fingerprint density at radius 3 is 2.19 bits per heavy atom. The van der Waals surface area contributed by atoms with Gasteiger partial charge in [-0.05, 0) is 70.3 Å². The van der Waals surface area contributed by atoms with E-state index in [1.54, 1.807) is 0 Å². The van der Waals surface area contributed by atoms with Crippen LogP contribution in [0.15, 0.2) is 23.1 Å². The molecule has 0 bridgehead atoms. The van der Waals surface area contributed by atoms with Gasteiger partial charge >= 0.3 is 0 Å². The van der Waals surface area contributed by atoms with E-state index in [2.05, 4.69) is 17.1 Å². The van der Waals surface area contributed by atoms with Gasteiger partial charge in [0.05, 0.1) is 15.5 Å². The molecule has 2 aliphatic heterocycles. The molecule has 6 nitrogen and oxygen atoms in total. The van der Waals surface area contributed by atoms with Crippen LogP contribution in [0.5, 0.6) is 0 Å². The molecular weight excluding hydrogens is 434 g/mol. The lowest BCUT2D eigenvalue weighted by molar-refractivity contribution is 0.0948. The Bertz CT molecular complexity index is 830. The van der Waals surface area contributed by atoms with Crippen LogP contribution in [0.4, 0.5) is 0 Å². The van der Waals surface area contributed by atoms with Crippen molar-refractivity contribution in [3.8, 4) is 0 Å². The molecule has 1 amide bonds. The summed E-state index contributed by atoms with van der Waals surface area (Å²) in [4.78, 5) is 15.4. The molecule has 2 aliphatic rings. The van der Waals surface area contributed by atoms with E-state index in [-0.39, 0.29) is 21.4 Å². The highest BCUT2D eigenvalue weighted by Gasteiger charge is 2.26. The first-order chi connectivity index (χ1) is 14.9. The highest BCUT2D eigenvalue weighted by molar-refractivity contribution is 7.89. The molecule has 31 heavy (non-hydrogen) atoms. The molecule has 0 radical (unpaired) electrons. The number of amides is 1. The second-order valence-corrected chi connectivity index (χ2v) is 11.1. The van der Waals surface area contributed by atoms with E-state index in [0.717, 1.165) is 45.2 Å². The summed E-state index contributed by atoms with van der Waals surface area (Å²) >= 11 is 6.26. The van der Waals surface area contributed by atoms with Gasteiger partial charge in [0.15, 0.2) is 0 Å². The molecule has 0 aromatic heterocycles. The van der Waals surface area contributed by atoms with Gasteiger partial charge in [-0.3, -0.25) is 4.79 Å². The van der Waals surface area contributed by atoms with Crippen molar-refractivity contribution in [3.05, 3.63) is 28.8 Å². The van der Waals surface area contributed by atoms with Gasteiger partial charge in [0.1, 0.15) is 0 Å². The van der Waals surface area contributed by atoms with Crippen molar-refractivity contribution in [2.45, 2.75) is 75.6 Å². The molecule has 3 rings (SSSR count). The lowest BCUT2D eigenvalue weighted by Crippen LogP contribution is -2.37. The van der Waals surface area contributed by atoms with E-state index < -0.39 is 10.0 Å². The lowest BCUT2D eigenvalue weighted by Gasteiger charge is -2.27. The summed E-state index contributed by atoms with van der Waals surface area (Å²) in [7, 11) is -3.62. The Balaban J connectivity index is 1.61. The summed E-state index contributed by atoms with van der Waals surface area (Å²) < 4.78 is 27.7. The second kappa shape index (κ2) is 11.6. The number of nitrogens with one attached hydrogen (secondary N) is 1. The second-order valence-electron chi connectivity index (χ2n) is 8.80. The Hall–Kier alpha value is -1.15. The third-order valence-electron chi connectivity index (χ3n) is 6.50. The zero-order valence-corrected chi connectivity index (χ0v) is 20.2. The maximum absolute atomic E-state index is 13.1. The standard InChI is InChI=1S/C23H36ClN3O3S/c1-19(26-14-6-2-3-7-15-26)12-13-25-23(28)21-18-20(10-11-22(21)24)31(29,30)27-16-8-4-5-9-17-27/h10-11,18-19H,2-9,12-17H2,1H3,(H,25,28)/t19-/m1/s1. The first-order valence-electron chi connectivity index (χ1n) is 11.7.